The number of hydrogen-bond donors (Lipinski definition) is 2. The predicted molar refractivity (Wildman–Crippen MR) is 97.7 cm³/mol. The zero-order valence-corrected chi connectivity index (χ0v) is 13.9. The van der Waals surface area contributed by atoms with Gasteiger partial charge in [0.25, 0.3) is 5.91 Å². The number of aromatic nitrogens is 1. The lowest BCUT2D eigenvalue weighted by atomic mass is 10.2. The molecule has 24 heavy (non-hydrogen) atoms. The number of nitrogens with zero attached hydrogens (tertiary/aromatic N) is 1. The van der Waals surface area contributed by atoms with E-state index in [0.29, 0.717) is 23.7 Å². The summed E-state index contributed by atoms with van der Waals surface area (Å²) in [6.45, 7) is 7.04. The van der Waals surface area contributed by atoms with Crippen molar-refractivity contribution >= 4 is 17.5 Å². The van der Waals surface area contributed by atoms with Crippen molar-refractivity contribution in [2.75, 3.05) is 23.8 Å². The molecule has 2 aromatic rings. The Balaban J connectivity index is 1.96. The largest absolute Gasteiger partial charge is 0.490 e. The Hall–Kier alpha value is -2.82. The van der Waals surface area contributed by atoms with E-state index in [1.54, 1.807) is 36.4 Å². The first-order valence-corrected chi connectivity index (χ1v) is 8.09. The lowest BCUT2D eigenvalue weighted by Crippen LogP contribution is -2.13. The van der Waals surface area contributed by atoms with Gasteiger partial charge in [0.1, 0.15) is 24.0 Å². The van der Waals surface area contributed by atoms with Crippen LogP contribution in [0.4, 0.5) is 11.6 Å². The number of nitrogens with one attached hydrogen (secondary N) is 2. The normalized spacial score (nSPS) is 10.0. The minimum Gasteiger partial charge on any atom is -0.490 e. The molecule has 126 valence electrons. The Kier molecular flexibility index (Phi) is 6.83. The molecule has 1 aromatic heterocycles. The van der Waals surface area contributed by atoms with Crippen molar-refractivity contribution in [3.8, 4) is 5.75 Å². The minimum absolute atomic E-state index is 0.205. The number of carbonyl (C=O) groups is 1. The Bertz CT molecular complexity index is 669. The molecule has 0 unspecified atom stereocenters. The number of benzene rings is 1. The minimum atomic E-state index is -0.205. The molecule has 0 aliphatic rings. The van der Waals surface area contributed by atoms with Gasteiger partial charge in [-0.15, -0.1) is 0 Å². The molecule has 0 spiro atoms. The van der Waals surface area contributed by atoms with E-state index in [0.717, 1.165) is 25.2 Å². The van der Waals surface area contributed by atoms with Crippen molar-refractivity contribution in [1.82, 2.24) is 4.98 Å². The third-order valence-electron chi connectivity index (χ3n) is 3.31. The fourth-order valence-corrected chi connectivity index (χ4v) is 2.04. The average molecular weight is 325 g/mol. The van der Waals surface area contributed by atoms with Crippen LogP contribution in [0.1, 0.15) is 30.1 Å². The highest BCUT2D eigenvalue weighted by atomic mass is 16.5. The summed E-state index contributed by atoms with van der Waals surface area (Å²) in [7, 11) is 0. The van der Waals surface area contributed by atoms with E-state index in [-0.39, 0.29) is 5.91 Å². The van der Waals surface area contributed by atoms with E-state index in [2.05, 4.69) is 29.1 Å². The number of carbonyl (C=O) groups excluding carboxylic acids is 1. The summed E-state index contributed by atoms with van der Waals surface area (Å²) in [4.78, 5) is 16.7. The summed E-state index contributed by atoms with van der Waals surface area (Å²) in [6, 6.07) is 12.5. The second-order valence-electron chi connectivity index (χ2n) is 5.27. The zero-order valence-electron chi connectivity index (χ0n) is 13.9. The van der Waals surface area contributed by atoms with E-state index in [9.17, 15) is 4.79 Å². The van der Waals surface area contributed by atoms with Gasteiger partial charge in [-0.05, 0) is 42.8 Å². The van der Waals surface area contributed by atoms with Gasteiger partial charge in [0.2, 0.25) is 0 Å². The van der Waals surface area contributed by atoms with Crippen LogP contribution in [0.2, 0.25) is 0 Å². The second kappa shape index (κ2) is 9.35. The molecule has 0 bridgehead atoms. The molecule has 0 saturated heterocycles. The van der Waals surface area contributed by atoms with Crippen LogP contribution in [0.3, 0.4) is 0 Å². The maximum Gasteiger partial charge on any atom is 0.256 e. The van der Waals surface area contributed by atoms with Crippen molar-refractivity contribution < 1.29 is 9.53 Å². The van der Waals surface area contributed by atoms with Crippen molar-refractivity contribution in [1.29, 1.82) is 0 Å². The molecular formula is C19H23N3O2. The molecule has 5 heteroatoms. The van der Waals surface area contributed by atoms with Crippen LogP contribution in [0.15, 0.2) is 55.1 Å². The molecular weight excluding hydrogens is 302 g/mol. The van der Waals surface area contributed by atoms with Crippen LogP contribution in [-0.2, 0) is 0 Å². The summed E-state index contributed by atoms with van der Waals surface area (Å²) in [6.07, 6.45) is 3.88. The summed E-state index contributed by atoms with van der Waals surface area (Å²) < 4.78 is 5.40. The molecule has 1 heterocycles. The van der Waals surface area contributed by atoms with Gasteiger partial charge < -0.3 is 15.4 Å². The van der Waals surface area contributed by atoms with E-state index in [1.165, 1.54) is 0 Å². The molecule has 0 aliphatic heterocycles. The highest BCUT2D eigenvalue weighted by Gasteiger charge is 2.07. The van der Waals surface area contributed by atoms with E-state index in [1.807, 2.05) is 12.1 Å². The molecule has 1 aromatic carbocycles. The molecule has 0 fully saturated rings. The number of pyridine rings is 1. The van der Waals surface area contributed by atoms with Crippen LogP contribution in [0, 0.1) is 0 Å². The Labute approximate surface area is 142 Å². The SMILES string of the molecule is C=CCOc1ccc(C(=O)Nc2cccc(NCCCC)n2)cc1. The van der Waals surface area contributed by atoms with Crippen LogP contribution in [0.5, 0.6) is 5.75 Å². The highest BCUT2D eigenvalue weighted by molar-refractivity contribution is 6.03. The standard InChI is InChI=1S/C19H23N3O2/c1-3-5-13-20-17-7-6-8-18(21-17)22-19(23)15-9-11-16(12-10-15)24-14-4-2/h4,6-12H,2-3,5,13-14H2,1H3,(H2,20,21,22,23). The quantitative estimate of drug-likeness (QED) is 0.538. The lowest BCUT2D eigenvalue weighted by Gasteiger charge is -2.09. The van der Waals surface area contributed by atoms with Gasteiger partial charge in [-0.25, -0.2) is 4.98 Å². The molecule has 1 amide bonds. The first-order valence-electron chi connectivity index (χ1n) is 8.09. The average Bonchev–Trinajstić information content (AvgIpc) is 2.61. The zero-order chi connectivity index (χ0) is 17.2. The summed E-state index contributed by atoms with van der Waals surface area (Å²) in [5, 5.41) is 6.04. The summed E-state index contributed by atoms with van der Waals surface area (Å²) in [5.41, 5.74) is 0.548. The Morgan fingerprint density at radius 3 is 2.67 bits per heavy atom. The highest BCUT2D eigenvalue weighted by Crippen LogP contribution is 2.15. The van der Waals surface area contributed by atoms with Gasteiger partial charge in [-0.1, -0.05) is 32.1 Å². The topological polar surface area (TPSA) is 63.2 Å². The Morgan fingerprint density at radius 1 is 1.21 bits per heavy atom. The molecule has 5 nitrogen and oxygen atoms in total. The molecule has 0 radical (unpaired) electrons. The summed E-state index contributed by atoms with van der Waals surface area (Å²) in [5.74, 6) is 1.78. The fourth-order valence-electron chi connectivity index (χ4n) is 2.04. The number of rotatable bonds is 9. The Morgan fingerprint density at radius 2 is 1.96 bits per heavy atom. The van der Waals surface area contributed by atoms with Gasteiger partial charge in [0, 0.05) is 12.1 Å². The lowest BCUT2D eigenvalue weighted by molar-refractivity contribution is 0.102. The van der Waals surface area contributed by atoms with Crippen molar-refractivity contribution in [2.45, 2.75) is 19.8 Å². The van der Waals surface area contributed by atoms with E-state index < -0.39 is 0 Å². The number of anilines is 2. The second-order valence-corrected chi connectivity index (χ2v) is 5.27. The third kappa shape index (κ3) is 5.43. The first kappa shape index (κ1) is 17.5. The molecule has 0 saturated carbocycles. The van der Waals surface area contributed by atoms with Gasteiger partial charge in [0.05, 0.1) is 0 Å². The molecule has 2 rings (SSSR count). The molecule has 0 aliphatic carbocycles. The van der Waals surface area contributed by atoms with Gasteiger partial charge >= 0.3 is 0 Å². The van der Waals surface area contributed by atoms with E-state index in [4.69, 9.17) is 4.74 Å². The van der Waals surface area contributed by atoms with Crippen LogP contribution in [-0.4, -0.2) is 24.0 Å². The van der Waals surface area contributed by atoms with Crippen LogP contribution >= 0.6 is 0 Å². The van der Waals surface area contributed by atoms with E-state index >= 15 is 0 Å². The monoisotopic (exact) mass is 325 g/mol. The van der Waals surface area contributed by atoms with Gasteiger partial charge in [0.15, 0.2) is 0 Å². The van der Waals surface area contributed by atoms with Crippen molar-refractivity contribution in [3.63, 3.8) is 0 Å². The van der Waals surface area contributed by atoms with Crippen molar-refractivity contribution in [2.24, 2.45) is 0 Å². The molecule has 0 atom stereocenters. The van der Waals surface area contributed by atoms with Crippen LogP contribution in [0.25, 0.3) is 0 Å². The predicted octanol–water partition coefficient (Wildman–Crippen LogP) is 4.11. The maximum absolute atomic E-state index is 12.3. The smallest absolute Gasteiger partial charge is 0.256 e. The number of amides is 1. The number of hydrogen-bond acceptors (Lipinski definition) is 4. The number of unbranched alkanes of at least 4 members (excludes halogenated alkanes) is 1. The third-order valence-corrected chi connectivity index (χ3v) is 3.31. The number of ether oxygens (including phenoxy) is 1. The summed E-state index contributed by atoms with van der Waals surface area (Å²) >= 11 is 0. The van der Waals surface area contributed by atoms with Gasteiger partial charge in [-0.2, -0.15) is 0 Å². The van der Waals surface area contributed by atoms with Gasteiger partial charge in [-0.3, -0.25) is 4.79 Å². The fraction of sp³-hybridized carbons (Fsp3) is 0.263. The first-order chi connectivity index (χ1) is 11.7. The maximum atomic E-state index is 12.3. The van der Waals surface area contributed by atoms with Crippen molar-refractivity contribution in [3.05, 3.63) is 60.7 Å². The van der Waals surface area contributed by atoms with Crippen LogP contribution < -0.4 is 15.4 Å². The molecule has 2 N–H and O–H groups in total.